The van der Waals surface area contributed by atoms with Crippen LogP contribution in [0.2, 0.25) is 0 Å². The molecule has 0 aliphatic carbocycles. The average Bonchev–Trinajstić information content (AvgIpc) is 2.38. The molecule has 0 aliphatic rings. The van der Waals surface area contributed by atoms with Crippen molar-refractivity contribution < 1.29 is 17.5 Å². The number of benzene rings is 2. The Morgan fingerprint density at radius 1 is 1.11 bits per heavy atom. The average molecular weight is 281 g/mol. The van der Waals surface area contributed by atoms with E-state index in [1.165, 1.54) is 31.4 Å². The summed E-state index contributed by atoms with van der Waals surface area (Å²) in [4.78, 5) is 0.109. The summed E-state index contributed by atoms with van der Waals surface area (Å²) in [5, 5.41) is 0. The van der Waals surface area contributed by atoms with Gasteiger partial charge in [0.15, 0.2) is 0 Å². The van der Waals surface area contributed by atoms with Crippen LogP contribution >= 0.6 is 0 Å². The number of halogens is 1. The SMILES string of the molecule is COc1cc(F)cc(NS(=O)(=O)c2ccccc2)c1. The van der Waals surface area contributed by atoms with Gasteiger partial charge in [-0.05, 0) is 18.2 Å². The van der Waals surface area contributed by atoms with Crippen LogP contribution in [-0.4, -0.2) is 15.5 Å². The Hall–Kier alpha value is -2.08. The van der Waals surface area contributed by atoms with Gasteiger partial charge in [-0.1, -0.05) is 18.2 Å². The van der Waals surface area contributed by atoms with Crippen molar-refractivity contribution in [3.63, 3.8) is 0 Å². The van der Waals surface area contributed by atoms with E-state index in [2.05, 4.69) is 4.72 Å². The van der Waals surface area contributed by atoms with Crippen LogP contribution < -0.4 is 9.46 Å². The van der Waals surface area contributed by atoms with Gasteiger partial charge in [0.2, 0.25) is 0 Å². The minimum atomic E-state index is -3.73. The number of hydrogen-bond acceptors (Lipinski definition) is 3. The second-order valence-corrected chi connectivity index (χ2v) is 5.48. The molecule has 0 heterocycles. The predicted octanol–water partition coefficient (Wildman–Crippen LogP) is 2.64. The lowest BCUT2D eigenvalue weighted by Crippen LogP contribution is -2.13. The minimum absolute atomic E-state index is 0.109. The summed E-state index contributed by atoms with van der Waals surface area (Å²) in [6, 6.07) is 11.5. The highest BCUT2D eigenvalue weighted by molar-refractivity contribution is 7.92. The molecule has 100 valence electrons. The maximum atomic E-state index is 13.3. The Morgan fingerprint density at radius 2 is 1.79 bits per heavy atom. The molecule has 0 amide bonds. The normalized spacial score (nSPS) is 11.1. The monoisotopic (exact) mass is 281 g/mol. The molecule has 19 heavy (non-hydrogen) atoms. The van der Waals surface area contributed by atoms with E-state index in [0.29, 0.717) is 0 Å². The molecule has 2 rings (SSSR count). The van der Waals surface area contributed by atoms with Crippen molar-refractivity contribution in [1.82, 2.24) is 0 Å². The highest BCUT2D eigenvalue weighted by atomic mass is 32.2. The van der Waals surface area contributed by atoms with Crippen molar-refractivity contribution in [3.05, 3.63) is 54.3 Å². The van der Waals surface area contributed by atoms with E-state index in [4.69, 9.17) is 4.74 Å². The molecule has 0 saturated heterocycles. The first kappa shape index (κ1) is 13.4. The van der Waals surface area contributed by atoms with Crippen LogP contribution in [0, 0.1) is 5.82 Å². The second-order valence-electron chi connectivity index (χ2n) is 3.80. The first-order valence-electron chi connectivity index (χ1n) is 5.44. The number of hydrogen-bond donors (Lipinski definition) is 1. The van der Waals surface area contributed by atoms with Crippen molar-refractivity contribution in [1.29, 1.82) is 0 Å². The number of nitrogens with one attached hydrogen (secondary N) is 1. The van der Waals surface area contributed by atoms with E-state index in [1.807, 2.05) is 0 Å². The molecule has 2 aromatic carbocycles. The van der Waals surface area contributed by atoms with Crippen molar-refractivity contribution in [2.24, 2.45) is 0 Å². The molecule has 4 nitrogen and oxygen atoms in total. The highest BCUT2D eigenvalue weighted by Gasteiger charge is 2.14. The van der Waals surface area contributed by atoms with Gasteiger partial charge in [0, 0.05) is 12.1 Å². The van der Waals surface area contributed by atoms with Gasteiger partial charge in [-0.25, -0.2) is 12.8 Å². The third-order valence-electron chi connectivity index (χ3n) is 2.41. The number of methoxy groups -OCH3 is 1. The molecule has 0 bridgehead atoms. The fourth-order valence-electron chi connectivity index (χ4n) is 1.55. The second kappa shape index (κ2) is 5.27. The topological polar surface area (TPSA) is 55.4 Å². The molecule has 0 atom stereocenters. The lowest BCUT2D eigenvalue weighted by Gasteiger charge is -2.09. The summed E-state index contributed by atoms with van der Waals surface area (Å²) in [5.74, 6) is -0.337. The summed E-state index contributed by atoms with van der Waals surface area (Å²) in [6.45, 7) is 0. The Morgan fingerprint density at radius 3 is 2.42 bits per heavy atom. The lowest BCUT2D eigenvalue weighted by molar-refractivity contribution is 0.411. The molecule has 0 spiro atoms. The molecule has 1 N–H and O–H groups in total. The van der Waals surface area contributed by atoms with Gasteiger partial charge in [-0.2, -0.15) is 0 Å². The zero-order chi connectivity index (χ0) is 13.9. The molecule has 2 aromatic rings. The van der Waals surface area contributed by atoms with Crippen molar-refractivity contribution in [2.75, 3.05) is 11.8 Å². The van der Waals surface area contributed by atoms with Crippen molar-refractivity contribution >= 4 is 15.7 Å². The molecular weight excluding hydrogens is 269 g/mol. The fraction of sp³-hybridized carbons (Fsp3) is 0.0769. The van der Waals surface area contributed by atoms with Crippen LogP contribution in [0.4, 0.5) is 10.1 Å². The highest BCUT2D eigenvalue weighted by Crippen LogP contribution is 2.22. The number of ether oxygens (including phenoxy) is 1. The molecule has 0 aromatic heterocycles. The molecule has 0 unspecified atom stereocenters. The number of anilines is 1. The largest absolute Gasteiger partial charge is 0.497 e. The van der Waals surface area contributed by atoms with Gasteiger partial charge in [-0.15, -0.1) is 0 Å². The van der Waals surface area contributed by atoms with Crippen LogP contribution in [-0.2, 0) is 10.0 Å². The van der Waals surface area contributed by atoms with Crippen LogP contribution in [0.25, 0.3) is 0 Å². The first-order valence-corrected chi connectivity index (χ1v) is 6.92. The van der Waals surface area contributed by atoms with E-state index >= 15 is 0 Å². The van der Waals surface area contributed by atoms with Crippen LogP contribution in [0.1, 0.15) is 0 Å². The molecule has 0 aliphatic heterocycles. The molecule has 0 fully saturated rings. The summed E-state index contributed by atoms with van der Waals surface area (Å²) < 4.78 is 44.5. The van der Waals surface area contributed by atoms with Gasteiger partial charge in [0.1, 0.15) is 11.6 Å². The van der Waals surface area contributed by atoms with E-state index < -0.39 is 15.8 Å². The third-order valence-corrected chi connectivity index (χ3v) is 3.81. The maximum absolute atomic E-state index is 13.3. The molecule has 0 radical (unpaired) electrons. The standard InChI is InChI=1S/C13H12FNO3S/c1-18-12-8-10(14)7-11(9-12)15-19(16,17)13-5-3-2-4-6-13/h2-9,15H,1H3. The summed E-state index contributed by atoms with van der Waals surface area (Å²) in [5.41, 5.74) is 0.112. The maximum Gasteiger partial charge on any atom is 0.261 e. The van der Waals surface area contributed by atoms with Gasteiger partial charge in [-0.3, -0.25) is 4.72 Å². The van der Waals surface area contributed by atoms with E-state index in [9.17, 15) is 12.8 Å². The Balaban J connectivity index is 2.33. The van der Waals surface area contributed by atoms with Gasteiger partial charge < -0.3 is 4.74 Å². The van der Waals surface area contributed by atoms with Crippen LogP contribution in [0.3, 0.4) is 0 Å². The summed E-state index contributed by atoms with van der Waals surface area (Å²) >= 11 is 0. The quantitative estimate of drug-likeness (QED) is 0.937. The van der Waals surface area contributed by atoms with Gasteiger partial charge in [0.25, 0.3) is 10.0 Å². The smallest absolute Gasteiger partial charge is 0.261 e. The predicted molar refractivity (Wildman–Crippen MR) is 70.2 cm³/mol. The molecule has 0 saturated carbocycles. The lowest BCUT2D eigenvalue weighted by atomic mass is 10.3. The Kier molecular flexibility index (Phi) is 3.71. The fourth-order valence-corrected chi connectivity index (χ4v) is 2.61. The Bertz CT molecular complexity index is 672. The van der Waals surface area contributed by atoms with E-state index in [0.717, 1.165) is 6.07 Å². The molecular formula is C13H12FNO3S. The first-order chi connectivity index (χ1) is 9.01. The van der Waals surface area contributed by atoms with E-state index in [-0.39, 0.29) is 16.3 Å². The Labute approximate surface area is 110 Å². The van der Waals surface area contributed by atoms with Crippen molar-refractivity contribution in [3.8, 4) is 5.75 Å². The van der Waals surface area contributed by atoms with Gasteiger partial charge in [0.05, 0.1) is 17.7 Å². The van der Waals surface area contributed by atoms with Crippen molar-refractivity contribution in [2.45, 2.75) is 4.90 Å². The number of sulfonamides is 1. The summed E-state index contributed by atoms with van der Waals surface area (Å²) in [7, 11) is -2.35. The van der Waals surface area contributed by atoms with E-state index in [1.54, 1.807) is 18.2 Å². The van der Waals surface area contributed by atoms with Crippen LogP contribution in [0.15, 0.2) is 53.4 Å². The zero-order valence-electron chi connectivity index (χ0n) is 10.1. The van der Waals surface area contributed by atoms with Gasteiger partial charge >= 0.3 is 0 Å². The van der Waals surface area contributed by atoms with Crippen LogP contribution in [0.5, 0.6) is 5.75 Å². The third kappa shape index (κ3) is 3.23. The number of rotatable bonds is 4. The molecule has 6 heteroatoms. The summed E-state index contributed by atoms with van der Waals surface area (Å²) in [6.07, 6.45) is 0. The minimum Gasteiger partial charge on any atom is -0.497 e. The zero-order valence-corrected chi connectivity index (χ0v) is 10.9.